The minimum atomic E-state index is -0.805. The minimum absolute atomic E-state index is 0.00765. The summed E-state index contributed by atoms with van der Waals surface area (Å²) in [6.07, 6.45) is 13.2. The molecule has 8 aromatic carbocycles. The lowest BCUT2D eigenvalue weighted by Gasteiger charge is -2.26. The zero-order valence-corrected chi connectivity index (χ0v) is 78.0. The van der Waals surface area contributed by atoms with E-state index in [4.69, 9.17) is 85.3 Å². The van der Waals surface area contributed by atoms with Crippen LogP contribution in [0.15, 0.2) is 256 Å². The molecule has 20 rings (SSSR count). The van der Waals surface area contributed by atoms with Crippen LogP contribution in [0.5, 0.6) is 0 Å². The maximum atomic E-state index is 15.7. The minimum Gasteiger partial charge on any atom is -0.378 e. The summed E-state index contributed by atoms with van der Waals surface area (Å²) in [5.74, 6) is -1.14. The standard InChI is InChI=1S/C25H21Cl2FN6O2.C25H21ClF2N6O2.C25H22ClFN6O2.C25H22F2N6O2/c26-18-5-4-16(14-19(18)27)30-25(35)31-20-3-1-2-17(21(20)28)23-22(15-6-8-29-9-7-15)32-24(33-23)34-10-12-36-13-11-34;26-16-4-5-19(18(27)14-16)30-25(35)31-20-3-1-2-17(21(20)28)23-22(15-6-8-29-9-7-15)32-24(33-23)34-10-12-36-13-11-34;26-17-3-1-4-18(15-17)29-25(34)30-20-6-2-5-19(21(20)27)23-22(16-7-9-28-10-8-16)31-24(32-23)33-11-13-35-14-12-33;26-17-4-6-18(7-5-17)29-25(34)30-20-3-1-2-19(21(20)27)23-22(16-8-10-28-11-9-16)31-24(32-23)33-12-14-35-15-13-33/h2*1-9,14H,10-13H2,(H,32,33)(H2,30,31,35);1-10,15H,11-14H2,(H,31,32)(H2,29,30,34);1-11H,12-15H2,(H,31,32)(H2,29,30,34). The average molecular weight is 2010 g/mol. The van der Waals surface area contributed by atoms with E-state index >= 15 is 17.6 Å². The summed E-state index contributed by atoms with van der Waals surface area (Å²) in [5, 5.41) is 21.6. The molecule has 4 saturated heterocycles. The van der Waals surface area contributed by atoms with Crippen LogP contribution in [0.1, 0.15) is 0 Å². The van der Waals surface area contributed by atoms with Crippen molar-refractivity contribution in [2.75, 3.05) is 167 Å². The monoisotopic (exact) mass is 2000 g/mol. The number of urea groups is 4. The quantitative estimate of drug-likeness (QED) is 0.0315. The van der Waals surface area contributed by atoms with Gasteiger partial charge in [-0.1, -0.05) is 76.7 Å². The highest BCUT2D eigenvalue weighted by molar-refractivity contribution is 6.42. The fraction of sp³-hybridized carbons (Fsp3) is 0.160. The number of carbonyl (C=O) groups is 4. The number of morpholine rings is 4. The van der Waals surface area contributed by atoms with Gasteiger partial charge < -0.3 is 101 Å². The van der Waals surface area contributed by atoms with Gasteiger partial charge >= 0.3 is 24.1 Å². The summed E-state index contributed by atoms with van der Waals surface area (Å²) in [6, 6.07) is 51.3. The van der Waals surface area contributed by atoms with E-state index in [1.165, 1.54) is 66.7 Å². The van der Waals surface area contributed by atoms with Crippen LogP contribution >= 0.6 is 46.4 Å². The van der Waals surface area contributed by atoms with E-state index in [0.717, 1.165) is 28.3 Å². The molecular formula is C100H86Cl4F6N24O8. The number of amides is 8. The third kappa shape index (κ3) is 24.3. The second-order valence-corrected chi connectivity index (χ2v) is 33.4. The van der Waals surface area contributed by atoms with Gasteiger partial charge in [0.2, 0.25) is 23.8 Å². The van der Waals surface area contributed by atoms with Crippen molar-refractivity contribution in [3.8, 4) is 90.1 Å². The molecule has 0 aliphatic carbocycles. The van der Waals surface area contributed by atoms with E-state index in [0.29, 0.717) is 207 Å². The summed E-state index contributed by atoms with van der Waals surface area (Å²) in [7, 11) is 0. The summed E-state index contributed by atoms with van der Waals surface area (Å²) >= 11 is 23.6. The molecule has 0 radical (unpaired) electrons. The number of imidazole rings is 4. The highest BCUT2D eigenvalue weighted by atomic mass is 35.5. The lowest BCUT2D eigenvalue weighted by molar-refractivity contribution is 0.122. The highest BCUT2D eigenvalue weighted by Gasteiger charge is 2.30. The number of ether oxygens (including phenoxy) is 4. The number of pyridine rings is 4. The predicted molar refractivity (Wildman–Crippen MR) is 537 cm³/mol. The van der Waals surface area contributed by atoms with E-state index < -0.39 is 59.0 Å². The lowest BCUT2D eigenvalue weighted by atomic mass is 10.0. The molecule has 4 aliphatic heterocycles. The van der Waals surface area contributed by atoms with E-state index in [9.17, 15) is 28.0 Å². The van der Waals surface area contributed by atoms with Crippen molar-refractivity contribution in [1.29, 1.82) is 0 Å². The zero-order valence-electron chi connectivity index (χ0n) is 75.0. The highest BCUT2D eigenvalue weighted by Crippen LogP contribution is 2.43. The fourth-order valence-electron chi connectivity index (χ4n) is 15.5. The topological polar surface area (TPSA) is 381 Å². The lowest BCUT2D eigenvalue weighted by Crippen LogP contribution is -2.36. The van der Waals surface area contributed by atoms with Crippen LogP contribution < -0.4 is 62.1 Å². The van der Waals surface area contributed by atoms with E-state index in [2.05, 4.69) is 92.2 Å². The van der Waals surface area contributed by atoms with Crippen LogP contribution in [0.4, 0.5) is 115 Å². The Hall–Kier alpha value is -15.9. The Kier molecular flexibility index (Phi) is 31.8. The van der Waals surface area contributed by atoms with Crippen LogP contribution in [0.3, 0.4) is 0 Å². The maximum Gasteiger partial charge on any atom is 0.323 e. The molecule has 0 atom stereocenters. The van der Waals surface area contributed by atoms with Crippen molar-refractivity contribution < 1.29 is 64.5 Å². The first-order valence-electron chi connectivity index (χ1n) is 44.4. The molecule has 0 saturated carbocycles. The van der Waals surface area contributed by atoms with E-state index in [1.54, 1.807) is 159 Å². The number of rotatable bonds is 20. The van der Waals surface area contributed by atoms with Gasteiger partial charge in [-0.2, -0.15) is 0 Å². The third-order valence-corrected chi connectivity index (χ3v) is 23.6. The van der Waals surface area contributed by atoms with Gasteiger partial charge in [-0.25, -0.2) is 65.5 Å². The summed E-state index contributed by atoms with van der Waals surface area (Å²) in [5.41, 5.74) is 9.50. The molecular weight excluding hydrogens is 1920 g/mol. The first-order chi connectivity index (χ1) is 69.1. The normalized spacial score (nSPS) is 13.5. The first-order valence-corrected chi connectivity index (χ1v) is 45.9. The molecule has 0 bridgehead atoms. The molecule has 0 unspecified atom stereocenters. The molecule has 12 heterocycles. The van der Waals surface area contributed by atoms with Gasteiger partial charge in [0.15, 0.2) is 23.3 Å². The van der Waals surface area contributed by atoms with Crippen LogP contribution in [-0.2, 0) is 18.9 Å². The Balaban J connectivity index is 0.000000130. The Morgan fingerprint density at radius 2 is 0.563 bits per heavy atom. The van der Waals surface area contributed by atoms with E-state index in [1.807, 2.05) is 34.1 Å². The molecule has 724 valence electrons. The number of H-pyrrole nitrogens is 4. The molecule has 8 aromatic heterocycles. The Labute approximate surface area is 827 Å². The van der Waals surface area contributed by atoms with Gasteiger partial charge in [-0.05, 0) is 176 Å². The number of aromatic amines is 4. The van der Waals surface area contributed by atoms with Crippen molar-refractivity contribution in [3.63, 3.8) is 0 Å². The Morgan fingerprint density at radius 3 is 0.873 bits per heavy atom. The molecule has 4 fully saturated rings. The van der Waals surface area contributed by atoms with Crippen LogP contribution in [0, 0.1) is 34.9 Å². The fourth-order valence-corrected chi connectivity index (χ4v) is 16.1. The molecule has 42 heteroatoms. The number of nitrogens with zero attached hydrogens (tertiary/aromatic N) is 12. The predicted octanol–water partition coefficient (Wildman–Crippen LogP) is 21.9. The number of anilines is 12. The molecule has 142 heavy (non-hydrogen) atoms. The Bertz CT molecular complexity index is 7130. The smallest absolute Gasteiger partial charge is 0.323 e. The maximum absolute atomic E-state index is 15.7. The number of aromatic nitrogens is 12. The van der Waals surface area contributed by atoms with E-state index in [-0.39, 0.29) is 55.7 Å². The largest absolute Gasteiger partial charge is 0.378 e. The number of hydrogen-bond donors (Lipinski definition) is 12. The van der Waals surface area contributed by atoms with Crippen LogP contribution in [0.2, 0.25) is 20.1 Å². The second kappa shape index (κ2) is 46.2. The molecule has 0 spiro atoms. The molecule has 16 aromatic rings. The number of nitrogens with one attached hydrogen (secondary N) is 12. The van der Waals surface area contributed by atoms with Gasteiger partial charge in [0.25, 0.3) is 0 Å². The van der Waals surface area contributed by atoms with Gasteiger partial charge in [0.1, 0.15) is 11.6 Å². The summed E-state index contributed by atoms with van der Waals surface area (Å²) < 4.78 is 112. The van der Waals surface area contributed by atoms with Gasteiger partial charge in [-0.3, -0.25) is 19.9 Å². The zero-order chi connectivity index (χ0) is 98.5. The summed E-state index contributed by atoms with van der Waals surface area (Å²) in [4.78, 5) is 107. The van der Waals surface area contributed by atoms with Gasteiger partial charge in [0.05, 0.1) is 137 Å². The van der Waals surface area contributed by atoms with Crippen molar-refractivity contribution in [2.45, 2.75) is 0 Å². The second-order valence-electron chi connectivity index (χ2n) is 31.7. The number of benzene rings is 8. The molecule has 12 N–H and O–H groups in total. The Morgan fingerprint density at radius 1 is 0.282 bits per heavy atom. The number of halogens is 10. The van der Waals surface area contributed by atoms with Crippen molar-refractivity contribution in [3.05, 3.63) is 311 Å². The molecule has 8 amide bonds. The molecule has 32 nitrogen and oxygen atoms in total. The average Bonchev–Trinajstić information content (AvgIpc) is 1.35. The van der Waals surface area contributed by atoms with Crippen molar-refractivity contribution in [2.24, 2.45) is 0 Å². The SMILES string of the molecule is O=C(Nc1ccc(Cl)c(Cl)c1)Nc1cccc(-c2[nH]c(N3CCOCC3)nc2-c2ccncc2)c1F.O=C(Nc1ccc(Cl)cc1F)Nc1cccc(-c2[nH]c(N3CCOCC3)nc2-c2ccncc2)c1F.O=C(Nc1ccc(F)cc1)Nc1cccc(-c2[nH]c(N3CCOCC3)nc2-c2ccncc2)c1F.O=C(Nc1cccc(Cl)c1)Nc1cccc(-c2[nH]c(N3CCOCC3)nc2-c2ccncc2)c1F. The summed E-state index contributed by atoms with van der Waals surface area (Å²) in [6.45, 7) is 9.97. The van der Waals surface area contributed by atoms with Gasteiger partial charge in [0, 0.05) is 174 Å². The van der Waals surface area contributed by atoms with Crippen molar-refractivity contribution in [1.82, 2.24) is 59.8 Å². The van der Waals surface area contributed by atoms with Gasteiger partial charge in [-0.15, -0.1) is 0 Å². The van der Waals surface area contributed by atoms with Crippen LogP contribution in [0.25, 0.3) is 90.1 Å². The molecule has 4 aliphatic rings. The number of hydrogen-bond acceptors (Lipinski definition) is 20. The third-order valence-electron chi connectivity index (χ3n) is 22.4. The number of carbonyl (C=O) groups excluding carboxylic acids is 4. The van der Waals surface area contributed by atoms with Crippen molar-refractivity contribution >= 4 is 140 Å². The first kappa shape index (κ1) is 97.7. The van der Waals surface area contributed by atoms with Crippen LogP contribution in [-0.4, -0.2) is 189 Å².